The fourth-order valence-electron chi connectivity index (χ4n) is 2.43. The van der Waals surface area contributed by atoms with Crippen molar-refractivity contribution < 1.29 is 4.79 Å². The molecular weight excluding hydrogens is 238 g/mol. The Bertz CT molecular complexity index is 425. The van der Waals surface area contributed by atoms with Crippen LogP contribution in [-0.4, -0.2) is 25.0 Å². The number of carbonyl (C=O) groups is 1. The number of nitrogens with two attached hydrogens (primary N) is 1. The normalized spacial score (nSPS) is 16.4. The molecule has 0 unspecified atom stereocenters. The summed E-state index contributed by atoms with van der Waals surface area (Å²) in [4.78, 5) is 13.7. The van der Waals surface area contributed by atoms with Gasteiger partial charge in [-0.05, 0) is 24.5 Å². The SMILES string of the molecule is CCC(=O)NCc1ccccc1N1CCC(N)CC1. The van der Waals surface area contributed by atoms with Crippen molar-refractivity contribution in [1.82, 2.24) is 5.32 Å². The highest BCUT2D eigenvalue weighted by molar-refractivity contribution is 5.75. The Morgan fingerprint density at radius 2 is 2.05 bits per heavy atom. The van der Waals surface area contributed by atoms with Crippen molar-refractivity contribution in [2.75, 3.05) is 18.0 Å². The third-order valence-electron chi connectivity index (χ3n) is 3.67. The quantitative estimate of drug-likeness (QED) is 0.866. The van der Waals surface area contributed by atoms with Crippen LogP contribution in [0.3, 0.4) is 0 Å². The number of hydrogen-bond donors (Lipinski definition) is 2. The zero-order valence-corrected chi connectivity index (χ0v) is 11.6. The summed E-state index contributed by atoms with van der Waals surface area (Å²) in [7, 11) is 0. The molecule has 0 aliphatic carbocycles. The highest BCUT2D eigenvalue weighted by Gasteiger charge is 2.18. The Labute approximate surface area is 115 Å². The first-order valence-corrected chi connectivity index (χ1v) is 7.06. The van der Waals surface area contributed by atoms with Crippen LogP contribution in [0.4, 0.5) is 5.69 Å². The number of piperidine rings is 1. The van der Waals surface area contributed by atoms with Crippen LogP contribution < -0.4 is 16.0 Å². The van der Waals surface area contributed by atoms with E-state index in [1.807, 2.05) is 13.0 Å². The maximum Gasteiger partial charge on any atom is 0.219 e. The topological polar surface area (TPSA) is 58.4 Å². The van der Waals surface area contributed by atoms with Crippen LogP contribution in [0.15, 0.2) is 24.3 Å². The molecule has 1 aromatic rings. The molecule has 0 saturated carbocycles. The first kappa shape index (κ1) is 13.9. The molecule has 3 N–H and O–H groups in total. The van der Waals surface area contributed by atoms with Gasteiger partial charge in [-0.25, -0.2) is 0 Å². The fraction of sp³-hybridized carbons (Fsp3) is 0.533. The van der Waals surface area contributed by atoms with Crippen molar-refractivity contribution in [2.45, 2.75) is 38.8 Å². The molecule has 4 heteroatoms. The third kappa shape index (κ3) is 3.70. The van der Waals surface area contributed by atoms with E-state index in [9.17, 15) is 4.79 Å². The van der Waals surface area contributed by atoms with E-state index in [0.29, 0.717) is 19.0 Å². The zero-order chi connectivity index (χ0) is 13.7. The highest BCUT2D eigenvalue weighted by Crippen LogP contribution is 2.23. The van der Waals surface area contributed by atoms with E-state index in [1.54, 1.807) is 0 Å². The number of hydrogen-bond acceptors (Lipinski definition) is 3. The first-order valence-electron chi connectivity index (χ1n) is 7.06. The summed E-state index contributed by atoms with van der Waals surface area (Å²) in [5.74, 6) is 0.0930. The van der Waals surface area contributed by atoms with E-state index >= 15 is 0 Å². The van der Waals surface area contributed by atoms with Crippen molar-refractivity contribution in [2.24, 2.45) is 5.73 Å². The highest BCUT2D eigenvalue weighted by atomic mass is 16.1. The average molecular weight is 261 g/mol. The number of anilines is 1. The van der Waals surface area contributed by atoms with Crippen molar-refractivity contribution in [3.05, 3.63) is 29.8 Å². The molecule has 19 heavy (non-hydrogen) atoms. The number of rotatable bonds is 4. The van der Waals surface area contributed by atoms with Crippen molar-refractivity contribution in [3.8, 4) is 0 Å². The lowest BCUT2D eigenvalue weighted by Gasteiger charge is -2.33. The fourth-order valence-corrected chi connectivity index (χ4v) is 2.43. The Kier molecular flexibility index (Phi) is 4.80. The molecule has 1 aromatic carbocycles. The summed E-state index contributed by atoms with van der Waals surface area (Å²) < 4.78 is 0. The van der Waals surface area contributed by atoms with Gasteiger partial charge in [0.1, 0.15) is 0 Å². The molecule has 1 aliphatic heterocycles. The minimum atomic E-state index is 0.0930. The van der Waals surface area contributed by atoms with Gasteiger partial charge in [-0.2, -0.15) is 0 Å². The number of para-hydroxylation sites is 1. The summed E-state index contributed by atoms with van der Waals surface area (Å²) in [5.41, 5.74) is 8.35. The standard InChI is InChI=1S/C15H23N3O/c1-2-15(19)17-11-12-5-3-4-6-14(12)18-9-7-13(16)8-10-18/h3-6,13H,2,7-11,16H2,1H3,(H,17,19). The molecule has 0 radical (unpaired) electrons. The summed E-state index contributed by atoms with van der Waals surface area (Å²) in [5, 5.41) is 2.95. The van der Waals surface area contributed by atoms with Crippen LogP contribution in [-0.2, 0) is 11.3 Å². The average Bonchev–Trinajstić information content (AvgIpc) is 2.46. The molecule has 1 amide bonds. The lowest BCUT2D eigenvalue weighted by Crippen LogP contribution is -2.40. The van der Waals surface area contributed by atoms with Gasteiger partial charge in [0.15, 0.2) is 0 Å². The second-order valence-electron chi connectivity index (χ2n) is 5.08. The van der Waals surface area contributed by atoms with Crippen molar-refractivity contribution in [1.29, 1.82) is 0 Å². The van der Waals surface area contributed by atoms with E-state index in [1.165, 1.54) is 11.3 Å². The van der Waals surface area contributed by atoms with Gasteiger partial charge in [-0.3, -0.25) is 4.79 Å². The van der Waals surface area contributed by atoms with Gasteiger partial charge in [0.2, 0.25) is 5.91 Å². The zero-order valence-electron chi connectivity index (χ0n) is 11.6. The Morgan fingerprint density at radius 3 is 2.74 bits per heavy atom. The first-order chi connectivity index (χ1) is 9.20. The van der Waals surface area contributed by atoms with Gasteiger partial charge in [0.05, 0.1) is 0 Å². The van der Waals surface area contributed by atoms with Gasteiger partial charge in [-0.1, -0.05) is 25.1 Å². The number of nitrogens with one attached hydrogen (secondary N) is 1. The second kappa shape index (κ2) is 6.57. The molecular formula is C15H23N3O. The predicted octanol–water partition coefficient (Wildman–Crippen LogP) is 1.64. The minimum absolute atomic E-state index is 0.0930. The molecule has 0 bridgehead atoms. The van der Waals surface area contributed by atoms with Gasteiger partial charge >= 0.3 is 0 Å². The van der Waals surface area contributed by atoms with Gasteiger partial charge in [-0.15, -0.1) is 0 Å². The number of carbonyl (C=O) groups excluding carboxylic acids is 1. The molecule has 104 valence electrons. The molecule has 1 aliphatic rings. The minimum Gasteiger partial charge on any atom is -0.371 e. The molecule has 0 atom stereocenters. The van der Waals surface area contributed by atoms with Gasteiger partial charge in [0, 0.05) is 37.8 Å². The summed E-state index contributed by atoms with van der Waals surface area (Å²) in [6, 6.07) is 8.62. The van der Waals surface area contributed by atoms with E-state index in [0.717, 1.165) is 25.9 Å². The summed E-state index contributed by atoms with van der Waals surface area (Å²) in [6.07, 6.45) is 2.60. The van der Waals surface area contributed by atoms with E-state index in [-0.39, 0.29) is 5.91 Å². The van der Waals surface area contributed by atoms with Crippen LogP contribution in [0.25, 0.3) is 0 Å². The summed E-state index contributed by atoms with van der Waals surface area (Å²) in [6.45, 7) is 4.47. The molecule has 4 nitrogen and oxygen atoms in total. The molecule has 1 saturated heterocycles. The number of benzene rings is 1. The summed E-state index contributed by atoms with van der Waals surface area (Å²) >= 11 is 0. The lowest BCUT2D eigenvalue weighted by molar-refractivity contribution is -0.120. The maximum absolute atomic E-state index is 11.4. The van der Waals surface area contributed by atoms with E-state index in [4.69, 9.17) is 5.73 Å². The molecule has 0 spiro atoms. The smallest absolute Gasteiger partial charge is 0.219 e. The molecule has 1 fully saturated rings. The van der Waals surface area contributed by atoms with Gasteiger partial charge in [0.25, 0.3) is 0 Å². The van der Waals surface area contributed by atoms with Crippen molar-refractivity contribution in [3.63, 3.8) is 0 Å². The molecule has 2 rings (SSSR count). The predicted molar refractivity (Wildman–Crippen MR) is 78.0 cm³/mol. The Hall–Kier alpha value is -1.55. The monoisotopic (exact) mass is 261 g/mol. The van der Waals surface area contributed by atoms with Crippen LogP contribution in [0, 0.1) is 0 Å². The van der Waals surface area contributed by atoms with E-state index < -0.39 is 0 Å². The molecule has 0 aromatic heterocycles. The second-order valence-corrected chi connectivity index (χ2v) is 5.08. The van der Waals surface area contributed by atoms with Gasteiger partial charge < -0.3 is 16.0 Å². The van der Waals surface area contributed by atoms with Crippen LogP contribution in [0.2, 0.25) is 0 Å². The Morgan fingerprint density at radius 1 is 1.37 bits per heavy atom. The Balaban J connectivity index is 2.05. The van der Waals surface area contributed by atoms with Crippen LogP contribution >= 0.6 is 0 Å². The largest absolute Gasteiger partial charge is 0.371 e. The lowest BCUT2D eigenvalue weighted by atomic mass is 10.0. The maximum atomic E-state index is 11.4. The molecule has 1 heterocycles. The van der Waals surface area contributed by atoms with Crippen LogP contribution in [0.1, 0.15) is 31.7 Å². The van der Waals surface area contributed by atoms with Crippen LogP contribution in [0.5, 0.6) is 0 Å². The van der Waals surface area contributed by atoms with Crippen molar-refractivity contribution >= 4 is 11.6 Å². The number of nitrogens with zero attached hydrogens (tertiary/aromatic N) is 1. The third-order valence-corrected chi connectivity index (χ3v) is 3.67. The van der Waals surface area contributed by atoms with E-state index in [2.05, 4.69) is 28.4 Å². The number of amides is 1.